The average molecular weight is 545 g/mol. The average Bonchev–Trinajstić information content (AvgIpc) is 3.76. The number of Topliss-reactive ketones (excluding diaryl/α,β-unsaturated/α-hetero) is 2. The normalized spacial score (nSPS) is 26.6. The van der Waals surface area contributed by atoms with Crippen LogP contribution in [0.5, 0.6) is 0 Å². The molecule has 0 amide bonds. The maximum atomic E-state index is 13.6. The molecule has 12 heteroatoms. The quantitative estimate of drug-likeness (QED) is 0.133. The van der Waals surface area contributed by atoms with Crippen molar-refractivity contribution in [1.29, 1.82) is 0 Å². The molecule has 204 valence electrons. The molecular weight excluding hydrogens is 520 g/mol. The highest BCUT2D eigenvalue weighted by molar-refractivity contribution is 6.11. The van der Waals surface area contributed by atoms with Crippen LogP contribution in [0.2, 0.25) is 0 Å². The van der Waals surface area contributed by atoms with Crippen LogP contribution in [-0.2, 0) is 0 Å². The molecule has 3 aromatic rings. The molecule has 40 heavy (non-hydrogen) atoms. The lowest BCUT2D eigenvalue weighted by molar-refractivity contribution is -0.141. The Balaban J connectivity index is 1.76. The Labute approximate surface area is 225 Å². The minimum atomic E-state index is -2.31. The van der Waals surface area contributed by atoms with Crippen molar-refractivity contribution in [2.24, 2.45) is 0 Å². The van der Waals surface area contributed by atoms with Gasteiger partial charge in [0.05, 0.1) is 44.9 Å². The second kappa shape index (κ2) is 9.71. The van der Waals surface area contributed by atoms with E-state index in [1.807, 2.05) is 0 Å². The molecule has 6 atom stereocenters. The molecule has 3 aromatic heterocycles. The number of nitrogens with zero attached hydrogens (tertiary/aromatic N) is 2. The zero-order valence-corrected chi connectivity index (χ0v) is 20.6. The fraction of sp³-hybridized carbons (Fsp3) is 0.214. The number of hydrogen-bond acceptors (Lipinski definition) is 10. The van der Waals surface area contributed by atoms with Gasteiger partial charge in [-0.1, -0.05) is 0 Å². The van der Waals surface area contributed by atoms with Crippen LogP contribution < -0.4 is 0 Å². The van der Waals surface area contributed by atoms with E-state index in [-0.39, 0.29) is 33.5 Å². The van der Waals surface area contributed by atoms with Crippen molar-refractivity contribution in [2.45, 2.75) is 36.6 Å². The third-order valence-corrected chi connectivity index (χ3v) is 7.12. The van der Waals surface area contributed by atoms with Crippen LogP contribution >= 0.6 is 0 Å². The summed E-state index contributed by atoms with van der Waals surface area (Å²) in [6.07, 6.45) is -7.33. The van der Waals surface area contributed by atoms with E-state index < -0.39 is 48.2 Å². The van der Waals surface area contributed by atoms with E-state index in [2.05, 4.69) is 19.9 Å². The van der Waals surface area contributed by atoms with Gasteiger partial charge in [0.2, 0.25) is 0 Å². The number of fused-ring (bicyclic) bond motifs is 8. The number of rotatable bonds is 0. The lowest BCUT2D eigenvalue weighted by Crippen LogP contribution is -2.55. The fourth-order valence-corrected chi connectivity index (χ4v) is 4.98. The molecule has 6 rings (SSSR count). The van der Waals surface area contributed by atoms with Crippen LogP contribution in [0, 0.1) is 0 Å². The van der Waals surface area contributed by atoms with E-state index in [9.17, 15) is 40.2 Å². The zero-order chi connectivity index (χ0) is 28.3. The summed E-state index contributed by atoms with van der Waals surface area (Å²) in [5.41, 5.74) is 2.45. The lowest BCUT2D eigenvalue weighted by atomic mass is 9.90. The van der Waals surface area contributed by atoms with Gasteiger partial charge in [-0.15, -0.1) is 0 Å². The molecule has 3 aliphatic heterocycles. The monoisotopic (exact) mass is 544 g/mol. The molecule has 0 fully saturated rings. The number of hydrogen-bond donors (Lipinski definition) is 8. The van der Waals surface area contributed by atoms with Crippen molar-refractivity contribution in [3.8, 4) is 0 Å². The van der Waals surface area contributed by atoms with E-state index in [1.165, 1.54) is 12.2 Å². The van der Waals surface area contributed by atoms with Crippen molar-refractivity contribution >= 4 is 57.9 Å². The van der Waals surface area contributed by atoms with Gasteiger partial charge in [0.15, 0.2) is 11.6 Å². The Bertz CT molecular complexity index is 1650. The molecule has 10 bridgehead atoms. The Kier molecular flexibility index (Phi) is 6.30. The van der Waals surface area contributed by atoms with Crippen LogP contribution in [-0.4, -0.2) is 98.8 Å². The van der Waals surface area contributed by atoms with Gasteiger partial charge in [-0.3, -0.25) is 9.59 Å². The Hall–Kier alpha value is -4.30. The predicted octanol–water partition coefficient (Wildman–Crippen LogP) is 0.200. The number of aromatic nitrogens is 4. The Morgan fingerprint density at radius 3 is 1.40 bits per heavy atom. The summed E-state index contributed by atoms with van der Waals surface area (Å²) < 4.78 is 0. The molecule has 6 heterocycles. The standard InChI is InChI=1S/C28H24N4O8/c33-21-19-15-5-3-13(30-15)9-11-1-2-12(29-11)10-14-4-6-16(31-14)20(18-8-7-17(19)32-18)22(34)24(36)26(38)28(40)27(39)25(37)23(21)35/h1-10,23-28,30-31,35-40H. The Morgan fingerprint density at radius 1 is 0.550 bits per heavy atom. The summed E-state index contributed by atoms with van der Waals surface area (Å²) in [7, 11) is 0. The SMILES string of the molecule is O=C1c2c3nc(c(c4ccc(cc5nc(cc6ccc2[nH]6)C=C5)[nH]4)C(=O)C(O)C(O)C(O)C(O)C(O)C1O)C=C3. The molecule has 8 N–H and O–H groups in total. The summed E-state index contributed by atoms with van der Waals surface area (Å²) in [5.74, 6) is -2.10. The highest BCUT2D eigenvalue weighted by Gasteiger charge is 2.43. The first-order chi connectivity index (χ1) is 19.1. The molecule has 3 aliphatic rings. The number of ketones is 2. The largest absolute Gasteiger partial charge is 0.387 e. The van der Waals surface area contributed by atoms with Crippen molar-refractivity contribution < 1.29 is 40.2 Å². The van der Waals surface area contributed by atoms with Crippen LogP contribution in [0.1, 0.15) is 43.5 Å². The van der Waals surface area contributed by atoms with Gasteiger partial charge in [-0.05, 0) is 60.7 Å². The van der Waals surface area contributed by atoms with Gasteiger partial charge in [0, 0.05) is 11.0 Å². The van der Waals surface area contributed by atoms with Gasteiger partial charge in [0.1, 0.15) is 36.6 Å². The number of nitrogens with one attached hydrogen (secondary N) is 2. The predicted molar refractivity (Wildman–Crippen MR) is 144 cm³/mol. The molecule has 12 nitrogen and oxygen atoms in total. The van der Waals surface area contributed by atoms with E-state index in [1.54, 1.807) is 48.6 Å². The lowest BCUT2D eigenvalue weighted by Gasteiger charge is -2.30. The van der Waals surface area contributed by atoms with Crippen LogP contribution in [0.4, 0.5) is 0 Å². The summed E-state index contributed by atoms with van der Waals surface area (Å²) in [4.78, 5) is 42.3. The first kappa shape index (κ1) is 26.0. The summed E-state index contributed by atoms with van der Waals surface area (Å²) in [5, 5.41) is 63.7. The number of aliphatic hydroxyl groups excluding tert-OH is 6. The number of H-pyrrole nitrogens is 2. The van der Waals surface area contributed by atoms with Gasteiger partial charge in [0.25, 0.3) is 0 Å². The van der Waals surface area contributed by atoms with Crippen LogP contribution in [0.15, 0.2) is 36.4 Å². The summed E-state index contributed by atoms with van der Waals surface area (Å²) in [6.45, 7) is 0. The topological polar surface area (TPSA) is 213 Å². The molecule has 6 unspecified atom stereocenters. The zero-order valence-electron chi connectivity index (χ0n) is 20.6. The Morgan fingerprint density at radius 2 is 0.975 bits per heavy atom. The van der Waals surface area contributed by atoms with E-state index in [0.717, 1.165) is 0 Å². The van der Waals surface area contributed by atoms with Crippen molar-refractivity contribution in [3.63, 3.8) is 0 Å². The second-order valence-electron chi connectivity index (χ2n) is 9.78. The summed E-state index contributed by atoms with van der Waals surface area (Å²) in [6, 6.07) is 9.93. The maximum absolute atomic E-state index is 13.6. The minimum Gasteiger partial charge on any atom is -0.387 e. The van der Waals surface area contributed by atoms with Crippen molar-refractivity contribution in [3.05, 3.63) is 70.3 Å². The number of carbonyl (C=O) groups is 2. The minimum absolute atomic E-state index is 0.0217. The van der Waals surface area contributed by atoms with Gasteiger partial charge in [-0.25, -0.2) is 9.97 Å². The van der Waals surface area contributed by atoms with Crippen LogP contribution in [0.25, 0.3) is 46.4 Å². The third-order valence-electron chi connectivity index (χ3n) is 7.12. The van der Waals surface area contributed by atoms with Gasteiger partial charge in [-0.2, -0.15) is 0 Å². The highest BCUT2D eigenvalue weighted by atomic mass is 16.4. The smallest absolute Gasteiger partial charge is 0.198 e. The van der Waals surface area contributed by atoms with Crippen LogP contribution in [0.3, 0.4) is 0 Å². The molecule has 0 aromatic carbocycles. The molecule has 0 saturated carbocycles. The molecule has 0 radical (unpaired) electrons. The number of aliphatic hydroxyl groups is 6. The fourth-order valence-electron chi connectivity index (χ4n) is 4.98. The molecule has 0 spiro atoms. The molecule has 0 saturated heterocycles. The maximum Gasteiger partial charge on any atom is 0.198 e. The van der Waals surface area contributed by atoms with E-state index in [0.29, 0.717) is 22.4 Å². The van der Waals surface area contributed by atoms with E-state index >= 15 is 0 Å². The number of aromatic amines is 2. The summed E-state index contributed by atoms with van der Waals surface area (Å²) >= 11 is 0. The third kappa shape index (κ3) is 4.29. The molecule has 0 aliphatic carbocycles. The van der Waals surface area contributed by atoms with Gasteiger partial charge < -0.3 is 40.6 Å². The first-order valence-electron chi connectivity index (χ1n) is 12.4. The second-order valence-corrected chi connectivity index (χ2v) is 9.78. The first-order valence-corrected chi connectivity index (χ1v) is 12.4. The van der Waals surface area contributed by atoms with Gasteiger partial charge >= 0.3 is 0 Å². The molecular formula is C28H24N4O8. The number of carbonyl (C=O) groups excluding carboxylic acids is 2. The van der Waals surface area contributed by atoms with Crippen molar-refractivity contribution in [2.75, 3.05) is 0 Å². The van der Waals surface area contributed by atoms with E-state index in [4.69, 9.17) is 0 Å². The highest BCUT2D eigenvalue weighted by Crippen LogP contribution is 2.28. The van der Waals surface area contributed by atoms with Crippen molar-refractivity contribution in [1.82, 2.24) is 19.9 Å².